The topological polar surface area (TPSA) is 18.5 Å². The van der Waals surface area contributed by atoms with Gasteiger partial charge in [0.05, 0.1) is 0 Å². The predicted molar refractivity (Wildman–Crippen MR) is 60.7 cm³/mol. The van der Waals surface area contributed by atoms with E-state index >= 15 is 0 Å². The highest BCUT2D eigenvalue weighted by molar-refractivity contribution is 5.34. The Morgan fingerprint density at radius 2 is 1.12 bits per heavy atom. The Morgan fingerprint density at radius 3 is 1.44 bits per heavy atom. The molecule has 16 heavy (non-hydrogen) atoms. The molecule has 3 rings (SSSR count). The van der Waals surface area contributed by atoms with Crippen LogP contribution < -0.4 is 0 Å². The third-order valence-electron chi connectivity index (χ3n) is 2.83. The van der Waals surface area contributed by atoms with E-state index in [4.69, 9.17) is 9.47 Å². The van der Waals surface area contributed by atoms with Gasteiger partial charge in [-0.3, -0.25) is 0 Å². The molecule has 0 saturated carbocycles. The zero-order valence-corrected chi connectivity index (χ0v) is 8.80. The Kier molecular flexibility index (Phi) is 2.24. The summed E-state index contributed by atoms with van der Waals surface area (Å²) < 4.78 is 11.3. The minimum absolute atomic E-state index is 0.351. The lowest BCUT2D eigenvalue weighted by molar-refractivity contribution is -0.386. The van der Waals surface area contributed by atoms with E-state index in [1.807, 2.05) is 60.7 Å². The van der Waals surface area contributed by atoms with Gasteiger partial charge >= 0.3 is 0 Å². The summed E-state index contributed by atoms with van der Waals surface area (Å²) in [5.74, 6) is -0.692. The van der Waals surface area contributed by atoms with Crippen molar-refractivity contribution in [2.45, 2.75) is 5.79 Å². The van der Waals surface area contributed by atoms with Crippen molar-refractivity contribution in [2.75, 3.05) is 6.79 Å². The summed E-state index contributed by atoms with van der Waals surface area (Å²) in [6.45, 7) is 0.351. The van der Waals surface area contributed by atoms with E-state index in [1.54, 1.807) is 0 Å². The average Bonchev–Trinajstić information content (AvgIpc) is 2.31. The molecule has 80 valence electrons. The smallest absolute Gasteiger partial charge is 0.226 e. The molecule has 1 aliphatic rings. The van der Waals surface area contributed by atoms with Gasteiger partial charge in [0, 0.05) is 11.1 Å². The number of benzene rings is 2. The van der Waals surface area contributed by atoms with Crippen molar-refractivity contribution in [3.05, 3.63) is 71.8 Å². The van der Waals surface area contributed by atoms with Crippen molar-refractivity contribution < 1.29 is 9.47 Å². The lowest BCUT2D eigenvalue weighted by Crippen LogP contribution is -2.44. The molecular formula is C14H12O2. The van der Waals surface area contributed by atoms with Crippen molar-refractivity contribution in [3.63, 3.8) is 0 Å². The molecule has 2 nitrogen and oxygen atoms in total. The summed E-state index contributed by atoms with van der Waals surface area (Å²) in [5.41, 5.74) is 2.07. The van der Waals surface area contributed by atoms with Crippen molar-refractivity contribution in [2.24, 2.45) is 0 Å². The first-order chi connectivity index (χ1) is 7.92. The number of rotatable bonds is 2. The van der Waals surface area contributed by atoms with Crippen LogP contribution in [0.5, 0.6) is 0 Å². The minimum Gasteiger partial charge on any atom is -0.315 e. The van der Waals surface area contributed by atoms with Gasteiger partial charge in [-0.15, -0.1) is 0 Å². The van der Waals surface area contributed by atoms with Gasteiger partial charge in [0.2, 0.25) is 5.79 Å². The van der Waals surface area contributed by atoms with E-state index in [2.05, 4.69) is 0 Å². The van der Waals surface area contributed by atoms with E-state index in [0.29, 0.717) is 6.79 Å². The van der Waals surface area contributed by atoms with Gasteiger partial charge in [-0.1, -0.05) is 60.7 Å². The maximum atomic E-state index is 5.67. The van der Waals surface area contributed by atoms with Crippen molar-refractivity contribution in [3.8, 4) is 0 Å². The van der Waals surface area contributed by atoms with E-state index in [-0.39, 0.29) is 0 Å². The highest BCUT2D eigenvalue weighted by Gasteiger charge is 2.43. The van der Waals surface area contributed by atoms with Crippen molar-refractivity contribution in [1.82, 2.24) is 0 Å². The normalized spacial score (nSPS) is 17.8. The molecule has 1 saturated heterocycles. The molecule has 1 fully saturated rings. The molecule has 0 amide bonds. The SMILES string of the molecule is c1ccc(C2(c3ccccc3)OCO2)cc1. The van der Waals surface area contributed by atoms with Crippen molar-refractivity contribution in [1.29, 1.82) is 0 Å². The van der Waals surface area contributed by atoms with Crippen LogP contribution in [0.1, 0.15) is 11.1 Å². The molecule has 0 atom stereocenters. The van der Waals surface area contributed by atoms with Crippen LogP contribution in [-0.4, -0.2) is 6.79 Å². The summed E-state index contributed by atoms with van der Waals surface area (Å²) in [6.07, 6.45) is 0. The fourth-order valence-corrected chi connectivity index (χ4v) is 1.99. The van der Waals surface area contributed by atoms with Crippen LogP contribution in [-0.2, 0) is 15.3 Å². The minimum atomic E-state index is -0.692. The molecule has 2 heteroatoms. The first-order valence-corrected chi connectivity index (χ1v) is 5.31. The molecule has 0 spiro atoms. The summed E-state index contributed by atoms with van der Waals surface area (Å²) in [6, 6.07) is 20.0. The van der Waals surface area contributed by atoms with Crippen LogP contribution in [0.4, 0.5) is 0 Å². The first-order valence-electron chi connectivity index (χ1n) is 5.31. The summed E-state index contributed by atoms with van der Waals surface area (Å²) in [7, 11) is 0. The maximum Gasteiger partial charge on any atom is 0.226 e. The van der Waals surface area contributed by atoms with Gasteiger partial charge < -0.3 is 9.47 Å². The third-order valence-corrected chi connectivity index (χ3v) is 2.83. The van der Waals surface area contributed by atoms with E-state index in [0.717, 1.165) is 11.1 Å². The fraction of sp³-hybridized carbons (Fsp3) is 0.143. The molecule has 0 aliphatic carbocycles. The quantitative estimate of drug-likeness (QED) is 0.762. The highest BCUT2D eigenvalue weighted by atomic mass is 16.9. The van der Waals surface area contributed by atoms with Crippen LogP contribution >= 0.6 is 0 Å². The average molecular weight is 212 g/mol. The second-order valence-electron chi connectivity index (χ2n) is 3.76. The lowest BCUT2D eigenvalue weighted by Gasteiger charge is -2.42. The van der Waals surface area contributed by atoms with Crippen LogP contribution in [0.3, 0.4) is 0 Å². The maximum absolute atomic E-state index is 5.67. The zero-order chi connectivity index (χ0) is 10.8. The van der Waals surface area contributed by atoms with Crippen LogP contribution in [0.25, 0.3) is 0 Å². The van der Waals surface area contributed by atoms with Crippen LogP contribution in [0.2, 0.25) is 0 Å². The van der Waals surface area contributed by atoms with E-state index < -0.39 is 5.79 Å². The van der Waals surface area contributed by atoms with Crippen LogP contribution in [0.15, 0.2) is 60.7 Å². The number of hydrogen-bond acceptors (Lipinski definition) is 2. The highest BCUT2D eigenvalue weighted by Crippen LogP contribution is 2.40. The van der Waals surface area contributed by atoms with Gasteiger partial charge in [-0.2, -0.15) is 0 Å². The summed E-state index contributed by atoms with van der Waals surface area (Å²) in [4.78, 5) is 0. The molecular weight excluding hydrogens is 200 g/mol. The molecule has 0 aromatic heterocycles. The Balaban J connectivity index is 2.08. The fourth-order valence-electron chi connectivity index (χ4n) is 1.99. The van der Waals surface area contributed by atoms with Gasteiger partial charge in [-0.05, 0) is 0 Å². The van der Waals surface area contributed by atoms with Gasteiger partial charge in [-0.25, -0.2) is 0 Å². The molecule has 0 N–H and O–H groups in total. The third kappa shape index (κ3) is 1.35. The predicted octanol–water partition coefficient (Wildman–Crippen LogP) is 2.89. The van der Waals surface area contributed by atoms with Crippen molar-refractivity contribution >= 4 is 0 Å². The van der Waals surface area contributed by atoms with Crippen LogP contribution in [0, 0.1) is 0 Å². The first kappa shape index (κ1) is 9.58. The second kappa shape index (κ2) is 3.74. The zero-order valence-electron chi connectivity index (χ0n) is 8.80. The Hall–Kier alpha value is -1.64. The second-order valence-corrected chi connectivity index (χ2v) is 3.76. The molecule has 2 aromatic carbocycles. The Morgan fingerprint density at radius 1 is 0.688 bits per heavy atom. The van der Waals surface area contributed by atoms with Gasteiger partial charge in [0.1, 0.15) is 0 Å². The largest absolute Gasteiger partial charge is 0.315 e. The molecule has 0 radical (unpaired) electrons. The summed E-state index contributed by atoms with van der Waals surface area (Å²) in [5, 5.41) is 0. The molecule has 1 heterocycles. The van der Waals surface area contributed by atoms with E-state index in [1.165, 1.54) is 0 Å². The molecule has 0 unspecified atom stereocenters. The molecule has 0 bridgehead atoms. The molecule has 1 aliphatic heterocycles. The van der Waals surface area contributed by atoms with E-state index in [9.17, 15) is 0 Å². The standard InChI is InChI=1S/C14H12O2/c1-3-7-12(8-4-1)14(15-11-16-14)13-9-5-2-6-10-13/h1-10H,11H2. The number of ether oxygens (including phenoxy) is 2. The Bertz CT molecular complexity index is 419. The van der Waals surface area contributed by atoms with Gasteiger partial charge in [0.15, 0.2) is 6.79 Å². The monoisotopic (exact) mass is 212 g/mol. The van der Waals surface area contributed by atoms with Gasteiger partial charge in [0.25, 0.3) is 0 Å². The molecule has 2 aromatic rings. The summed E-state index contributed by atoms with van der Waals surface area (Å²) >= 11 is 0. The lowest BCUT2D eigenvalue weighted by atomic mass is 9.96. The Labute approximate surface area is 94.4 Å². The number of hydrogen-bond donors (Lipinski definition) is 0.